The van der Waals surface area contributed by atoms with E-state index < -0.39 is 10.0 Å². The van der Waals surface area contributed by atoms with Crippen molar-refractivity contribution < 1.29 is 8.42 Å². The number of sulfonamides is 1. The van der Waals surface area contributed by atoms with Crippen LogP contribution in [0.5, 0.6) is 0 Å². The number of anilines is 1. The highest BCUT2D eigenvalue weighted by atomic mass is 79.9. The van der Waals surface area contributed by atoms with E-state index in [1.54, 1.807) is 18.2 Å². The lowest BCUT2D eigenvalue weighted by Gasteiger charge is -2.12. The van der Waals surface area contributed by atoms with Crippen LogP contribution in [0.4, 0.5) is 5.69 Å². The maximum absolute atomic E-state index is 12.4. The molecule has 8 heteroatoms. The normalized spacial score (nSPS) is 11.4. The standard InChI is InChI=1S/C13H11BrCl2N2O2S/c14-10-4-5-11(13(16)12(10)15)18-21(19,20)9-3-1-2-8(6-9)7-17/h1-6,18H,7,17H2. The van der Waals surface area contributed by atoms with Crippen LogP contribution in [0.3, 0.4) is 0 Å². The van der Waals surface area contributed by atoms with Crippen molar-refractivity contribution >= 4 is 54.8 Å². The third kappa shape index (κ3) is 3.70. The van der Waals surface area contributed by atoms with Crippen LogP contribution >= 0.6 is 39.1 Å². The smallest absolute Gasteiger partial charge is 0.261 e. The zero-order valence-electron chi connectivity index (χ0n) is 10.6. The largest absolute Gasteiger partial charge is 0.326 e. The number of halogens is 3. The molecular weight excluding hydrogens is 399 g/mol. The Labute approximate surface area is 141 Å². The quantitative estimate of drug-likeness (QED) is 0.749. The number of nitrogens with one attached hydrogen (secondary N) is 1. The summed E-state index contributed by atoms with van der Waals surface area (Å²) in [6.07, 6.45) is 0. The fraction of sp³-hybridized carbons (Fsp3) is 0.0769. The number of benzene rings is 2. The summed E-state index contributed by atoms with van der Waals surface area (Å²) in [5.41, 5.74) is 6.45. The minimum Gasteiger partial charge on any atom is -0.326 e. The first kappa shape index (κ1) is 16.6. The fourth-order valence-electron chi connectivity index (χ4n) is 1.65. The summed E-state index contributed by atoms with van der Waals surface area (Å²) in [4.78, 5) is 0.112. The maximum Gasteiger partial charge on any atom is 0.261 e. The van der Waals surface area contributed by atoms with Gasteiger partial charge < -0.3 is 5.73 Å². The number of rotatable bonds is 4. The van der Waals surface area contributed by atoms with Gasteiger partial charge in [-0.15, -0.1) is 0 Å². The van der Waals surface area contributed by atoms with Gasteiger partial charge in [-0.1, -0.05) is 35.3 Å². The molecule has 0 saturated carbocycles. The van der Waals surface area contributed by atoms with E-state index in [4.69, 9.17) is 28.9 Å². The molecular formula is C13H11BrCl2N2O2S. The van der Waals surface area contributed by atoms with Crippen LogP contribution in [0.2, 0.25) is 10.0 Å². The van der Waals surface area contributed by atoms with Gasteiger partial charge in [0.15, 0.2) is 0 Å². The monoisotopic (exact) mass is 408 g/mol. The predicted octanol–water partition coefficient (Wildman–Crippen LogP) is 4.02. The lowest BCUT2D eigenvalue weighted by molar-refractivity contribution is 0.601. The Hall–Kier alpha value is -0.790. The highest BCUT2D eigenvalue weighted by Crippen LogP contribution is 2.36. The highest BCUT2D eigenvalue weighted by molar-refractivity contribution is 9.10. The topological polar surface area (TPSA) is 72.2 Å². The van der Waals surface area contributed by atoms with Gasteiger partial charge >= 0.3 is 0 Å². The van der Waals surface area contributed by atoms with Gasteiger partial charge in [-0.25, -0.2) is 8.42 Å². The van der Waals surface area contributed by atoms with Gasteiger partial charge in [0, 0.05) is 11.0 Å². The summed E-state index contributed by atoms with van der Waals surface area (Å²) in [6, 6.07) is 9.52. The van der Waals surface area contributed by atoms with E-state index in [0.29, 0.717) is 4.47 Å². The summed E-state index contributed by atoms with van der Waals surface area (Å²) in [5, 5.41) is 0.372. The summed E-state index contributed by atoms with van der Waals surface area (Å²) in [7, 11) is -3.76. The highest BCUT2D eigenvalue weighted by Gasteiger charge is 2.18. The first-order chi connectivity index (χ1) is 9.85. The summed E-state index contributed by atoms with van der Waals surface area (Å²) >= 11 is 15.2. The van der Waals surface area contributed by atoms with Crippen LogP contribution < -0.4 is 10.5 Å². The van der Waals surface area contributed by atoms with Crippen molar-refractivity contribution in [2.24, 2.45) is 5.73 Å². The van der Waals surface area contributed by atoms with Crippen LogP contribution in [0, 0.1) is 0 Å². The minimum atomic E-state index is -3.76. The lowest BCUT2D eigenvalue weighted by Crippen LogP contribution is -2.14. The van der Waals surface area contributed by atoms with E-state index >= 15 is 0 Å². The Morgan fingerprint density at radius 1 is 1.14 bits per heavy atom. The molecule has 0 bridgehead atoms. The van der Waals surface area contributed by atoms with Crippen LogP contribution in [0.1, 0.15) is 5.56 Å². The molecule has 21 heavy (non-hydrogen) atoms. The summed E-state index contributed by atoms with van der Waals surface area (Å²) in [6.45, 7) is 0.258. The van der Waals surface area contributed by atoms with Gasteiger partial charge in [0.05, 0.1) is 20.6 Å². The molecule has 0 saturated heterocycles. The minimum absolute atomic E-state index is 0.112. The Bertz CT molecular complexity index is 782. The Morgan fingerprint density at radius 2 is 1.86 bits per heavy atom. The third-order valence-corrected chi connectivity index (χ3v) is 5.86. The van der Waals surface area contributed by atoms with Gasteiger partial charge in [-0.3, -0.25) is 4.72 Å². The molecule has 0 aliphatic heterocycles. The van der Waals surface area contributed by atoms with E-state index in [0.717, 1.165) is 5.56 Å². The molecule has 0 aliphatic rings. The van der Waals surface area contributed by atoms with Crippen LogP contribution in [-0.4, -0.2) is 8.42 Å². The molecule has 0 spiro atoms. The van der Waals surface area contributed by atoms with Crippen LogP contribution in [-0.2, 0) is 16.6 Å². The zero-order valence-corrected chi connectivity index (χ0v) is 14.5. The average Bonchev–Trinajstić information content (AvgIpc) is 2.48. The molecule has 3 N–H and O–H groups in total. The molecule has 2 rings (SSSR count). The number of hydrogen-bond acceptors (Lipinski definition) is 3. The number of hydrogen-bond donors (Lipinski definition) is 2. The van der Waals surface area contributed by atoms with Crippen molar-refractivity contribution in [1.29, 1.82) is 0 Å². The molecule has 0 unspecified atom stereocenters. The second-order valence-electron chi connectivity index (χ2n) is 4.18. The van der Waals surface area contributed by atoms with E-state index in [1.165, 1.54) is 18.2 Å². The first-order valence-electron chi connectivity index (χ1n) is 5.80. The molecule has 0 amide bonds. The lowest BCUT2D eigenvalue weighted by atomic mass is 10.2. The molecule has 2 aromatic rings. The first-order valence-corrected chi connectivity index (χ1v) is 8.83. The van der Waals surface area contributed by atoms with Gasteiger partial charge in [0.25, 0.3) is 10.0 Å². The second kappa shape index (κ2) is 6.54. The molecule has 0 heterocycles. The number of nitrogens with two attached hydrogens (primary N) is 1. The molecule has 4 nitrogen and oxygen atoms in total. The second-order valence-corrected chi connectivity index (χ2v) is 7.47. The van der Waals surface area contributed by atoms with Gasteiger partial charge in [0.2, 0.25) is 0 Å². The van der Waals surface area contributed by atoms with Crippen molar-refractivity contribution in [3.05, 3.63) is 56.5 Å². The van der Waals surface area contributed by atoms with Gasteiger partial charge in [0.1, 0.15) is 0 Å². The van der Waals surface area contributed by atoms with Crippen molar-refractivity contribution in [1.82, 2.24) is 0 Å². The molecule has 2 aromatic carbocycles. The molecule has 112 valence electrons. The predicted molar refractivity (Wildman–Crippen MR) is 89.3 cm³/mol. The van der Waals surface area contributed by atoms with E-state index in [1.807, 2.05) is 0 Å². The van der Waals surface area contributed by atoms with Crippen molar-refractivity contribution in [2.45, 2.75) is 11.4 Å². The SMILES string of the molecule is NCc1cccc(S(=O)(=O)Nc2ccc(Br)c(Cl)c2Cl)c1. The third-order valence-electron chi connectivity index (χ3n) is 2.72. The molecule has 0 aliphatic carbocycles. The molecule has 0 aromatic heterocycles. The fourth-order valence-corrected chi connectivity index (χ4v) is 3.67. The van der Waals surface area contributed by atoms with Crippen LogP contribution in [0.15, 0.2) is 45.8 Å². The Morgan fingerprint density at radius 3 is 2.52 bits per heavy atom. The Balaban J connectivity index is 2.40. The van der Waals surface area contributed by atoms with Gasteiger partial charge in [-0.2, -0.15) is 0 Å². The summed E-state index contributed by atoms with van der Waals surface area (Å²) < 4.78 is 27.7. The van der Waals surface area contributed by atoms with E-state index in [-0.39, 0.29) is 27.2 Å². The summed E-state index contributed by atoms with van der Waals surface area (Å²) in [5.74, 6) is 0. The molecule has 0 atom stereocenters. The average molecular weight is 410 g/mol. The zero-order chi connectivity index (χ0) is 15.6. The maximum atomic E-state index is 12.4. The van der Waals surface area contributed by atoms with Crippen molar-refractivity contribution in [2.75, 3.05) is 4.72 Å². The van der Waals surface area contributed by atoms with Crippen molar-refractivity contribution in [3.8, 4) is 0 Å². The molecule has 0 fully saturated rings. The van der Waals surface area contributed by atoms with E-state index in [2.05, 4.69) is 20.7 Å². The van der Waals surface area contributed by atoms with Crippen LogP contribution in [0.25, 0.3) is 0 Å². The van der Waals surface area contributed by atoms with Gasteiger partial charge in [-0.05, 0) is 45.8 Å². The van der Waals surface area contributed by atoms with E-state index in [9.17, 15) is 8.42 Å². The Kier molecular flexibility index (Phi) is 5.16. The van der Waals surface area contributed by atoms with Crippen molar-refractivity contribution in [3.63, 3.8) is 0 Å². The molecule has 0 radical (unpaired) electrons.